The summed E-state index contributed by atoms with van der Waals surface area (Å²) in [6.45, 7) is 2.06. The third-order valence-electron chi connectivity index (χ3n) is 3.75. The Hall–Kier alpha value is -2.03. The normalized spacial score (nSPS) is 16.0. The summed E-state index contributed by atoms with van der Waals surface area (Å²) < 4.78 is 2.07. The Kier molecular flexibility index (Phi) is 2.70. The summed E-state index contributed by atoms with van der Waals surface area (Å²) in [5.41, 5.74) is 4.40. The first-order valence-electron chi connectivity index (χ1n) is 6.57. The molecule has 98 valence electrons. The van der Waals surface area contributed by atoms with Crippen molar-refractivity contribution >= 4 is 22.4 Å². The van der Waals surface area contributed by atoms with Crippen LogP contribution in [0.25, 0.3) is 16.5 Å². The second-order valence-electron chi connectivity index (χ2n) is 5.39. The molecule has 1 aromatic heterocycles. The SMILES string of the molecule is Cc1ccc2c(c1)c(/C(=C/C(=O)O)C1CC1)cn2C. The van der Waals surface area contributed by atoms with E-state index in [4.69, 9.17) is 5.11 Å². The molecule has 1 aromatic carbocycles. The molecule has 1 fully saturated rings. The quantitative estimate of drug-likeness (QED) is 0.854. The van der Waals surface area contributed by atoms with E-state index in [0.29, 0.717) is 5.92 Å². The highest BCUT2D eigenvalue weighted by Gasteiger charge is 2.29. The Balaban J connectivity index is 2.23. The first-order chi connectivity index (χ1) is 9.06. The highest BCUT2D eigenvalue weighted by atomic mass is 16.4. The zero-order valence-electron chi connectivity index (χ0n) is 11.2. The smallest absolute Gasteiger partial charge is 0.328 e. The van der Waals surface area contributed by atoms with Crippen molar-refractivity contribution in [3.63, 3.8) is 0 Å². The van der Waals surface area contributed by atoms with Crippen molar-refractivity contribution < 1.29 is 9.90 Å². The second-order valence-corrected chi connectivity index (χ2v) is 5.39. The monoisotopic (exact) mass is 255 g/mol. The lowest BCUT2D eigenvalue weighted by Gasteiger charge is -2.04. The van der Waals surface area contributed by atoms with Gasteiger partial charge in [-0.25, -0.2) is 4.79 Å². The maximum atomic E-state index is 11.0. The number of aromatic nitrogens is 1. The lowest BCUT2D eigenvalue weighted by atomic mass is 9.99. The van der Waals surface area contributed by atoms with E-state index in [1.807, 2.05) is 7.05 Å². The average molecular weight is 255 g/mol. The van der Waals surface area contributed by atoms with Crippen LogP contribution in [-0.2, 0) is 11.8 Å². The summed E-state index contributed by atoms with van der Waals surface area (Å²) in [6.07, 6.45) is 5.63. The summed E-state index contributed by atoms with van der Waals surface area (Å²) in [6, 6.07) is 6.33. The van der Waals surface area contributed by atoms with Gasteiger partial charge in [-0.05, 0) is 43.4 Å². The Morgan fingerprint density at radius 1 is 1.42 bits per heavy atom. The molecule has 19 heavy (non-hydrogen) atoms. The summed E-state index contributed by atoms with van der Waals surface area (Å²) in [5, 5.41) is 10.2. The lowest BCUT2D eigenvalue weighted by molar-refractivity contribution is -0.131. The molecule has 0 saturated heterocycles. The van der Waals surface area contributed by atoms with E-state index in [0.717, 1.165) is 34.9 Å². The topological polar surface area (TPSA) is 42.2 Å². The maximum Gasteiger partial charge on any atom is 0.328 e. The molecule has 3 heteroatoms. The highest BCUT2D eigenvalue weighted by Crippen LogP contribution is 2.44. The molecule has 0 spiro atoms. The Bertz CT molecular complexity index is 690. The predicted octanol–water partition coefficient (Wildman–Crippen LogP) is 3.36. The highest BCUT2D eigenvalue weighted by molar-refractivity contribution is 5.99. The van der Waals surface area contributed by atoms with Gasteiger partial charge in [0.25, 0.3) is 0 Å². The largest absolute Gasteiger partial charge is 0.478 e. The number of aryl methyl sites for hydroxylation is 2. The van der Waals surface area contributed by atoms with Crippen LogP contribution in [0.1, 0.15) is 24.0 Å². The minimum Gasteiger partial charge on any atom is -0.478 e. The fourth-order valence-corrected chi connectivity index (χ4v) is 2.68. The molecule has 0 unspecified atom stereocenters. The van der Waals surface area contributed by atoms with Gasteiger partial charge in [-0.15, -0.1) is 0 Å². The second kappa shape index (κ2) is 4.26. The van der Waals surface area contributed by atoms with E-state index in [-0.39, 0.29) is 0 Å². The Morgan fingerprint density at radius 3 is 2.79 bits per heavy atom. The van der Waals surface area contributed by atoms with Crippen LogP contribution in [0.5, 0.6) is 0 Å². The maximum absolute atomic E-state index is 11.0. The van der Waals surface area contributed by atoms with Gasteiger partial charge in [-0.1, -0.05) is 11.6 Å². The summed E-state index contributed by atoms with van der Waals surface area (Å²) in [7, 11) is 2.01. The fourth-order valence-electron chi connectivity index (χ4n) is 2.68. The molecule has 0 amide bonds. The van der Waals surface area contributed by atoms with Crippen molar-refractivity contribution in [3.8, 4) is 0 Å². The average Bonchev–Trinajstić information content (AvgIpc) is 3.12. The van der Waals surface area contributed by atoms with Crippen LogP contribution in [0.3, 0.4) is 0 Å². The van der Waals surface area contributed by atoms with Crippen molar-refractivity contribution in [3.05, 3.63) is 41.6 Å². The number of benzene rings is 1. The number of nitrogens with zero attached hydrogens (tertiary/aromatic N) is 1. The Labute approximate surface area is 112 Å². The molecule has 1 aliphatic rings. The lowest BCUT2D eigenvalue weighted by Crippen LogP contribution is -1.94. The van der Waals surface area contributed by atoms with Crippen LogP contribution in [0.2, 0.25) is 0 Å². The van der Waals surface area contributed by atoms with E-state index in [1.54, 1.807) is 0 Å². The van der Waals surface area contributed by atoms with Crippen molar-refractivity contribution in [2.24, 2.45) is 13.0 Å². The van der Waals surface area contributed by atoms with Crippen LogP contribution >= 0.6 is 0 Å². The summed E-state index contributed by atoms with van der Waals surface area (Å²) in [4.78, 5) is 11.0. The molecule has 0 radical (unpaired) electrons. The zero-order valence-corrected chi connectivity index (χ0v) is 11.2. The van der Waals surface area contributed by atoms with E-state index in [9.17, 15) is 4.79 Å². The first-order valence-corrected chi connectivity index (χ1v) is 6.57. The van der Waals surface area contributed by atoms with Gasteiger partial charge < -0.3 is 9.67 Å². The molecule has 0 bridgehead atoms. The minimum absolute atomic E-state index is 0.419. The molecule has 0 atom stereocenters. The standard InChI is InChI=1S/C16H17NO2/c1-10-3-6-15-13(7-10)14(9-17(15)2)12(8-16(18)19)11-4-5-11/h3,6-9,11H,4-5H2,1-2H3,(H,18,19)/b12-8+. The summed E-state index contributed by atoms with van der Waals surface area (Å²) >= 11 is 0. The molecule has 1 saturated carbocycles. The molecule has 3 nitrogen and oxygen atoms in total. The number of aliphatic carboxylic acids is 1. The first kappa shape index (κ1) is 12.0. The van der Waals surface area contributed by atoms with Crippen LogP contribution in [0, 0.1) is 12.8 Å². The third-order valence-corrected chi connectivity index (χ3v) is 3.75. The van der Waals surface area contributed by atoms with Crippen LogP contribution in [0.15, 0.2) is 30.5 Å². The van der Waals surface area contributed by atoms with Crippen LogP contribution < -0.4 is 0 Å². The van der Waals surface area contributed by atoms with Gasteiger partial charge in [0.2, 0.25) is 0 Å². The van der Waals surface area contributed by atoms with E-state index < -0.39 is 5.97 Å². The van der Waals surface area contributed by atoms with E-state index >= 15 is 0 Å². The molecule has 1 aliphatic carbocycles. The molecule has 2 aromatic rings. The number of carboxylic acids is 1. The van der Waals surface area contributed by atoms with Gasteiger partial charge in [0.05, 0.1) is 0 Å². The molecular weight excluding hydrogens is 238 g/mol. The number of carboxylic acid groups (broad SMARTS) is 1. The van der Waals surface area contributed by atoms with Crippen molar-refractivity contribution in [2.45, 2.75) is 19.8 Å². The van der Waals surface area contributed by atoms with E-state index in [1.165, 1.54) is 11.6 Å². The number of hydrogen-bond acceptors (Lipinski definition) is 1. The minimum atomic E-state index is -0.855. The van der Waals surface area contributed by atoms with Crippen molar-refractivity contribution in [2.75, 3.05) is 0 Å². The van der Waals surface area contributed by atoms with Gasteiger partial charge in [0, 0.05) is 35.8 Å². The Morgan fingerprint density at radius 2 is 2.16 bits per heavy atom. The van der Waals surface area contributed by atoms with Crippen LogP contribution in [-0.4, -0.2) is 15.6 Å². The van der Waals surface area contributed by atoms with Gasteiger partial charge >= 0.3 is 5.97 Å². The molecule has 3 rings (SSSR count). The molecule has 1 heterocycles. The fraction of sp³-hybridized carbons (Fsp3) is 0.312. The van der Waals surface area contributed by atoms with E-state index in [2.05, 4.69) is 35.9 Å². The van der Waals surface area contributed by atoms with Crippen LogP contribution in [0.4, 0.5) is 0 Å². The third kappa shape index (κ3) is 2.16. The number of hydrogen-bond donors (Lipinski definition) is 1. The number of rotatable bonds is 3. The number of fused-ring (bicyclic) bond motifs is 1. The number of allylic oxidation sites excluding steroid dienone is 1. The molecule has 0 aliphatic heterocycles. The summed E-state index contributed by atoms with van der Waals surface area (Å²) in [5.74, 6) is -0.436. The zero-order chi connectivity index (χ0) is 13.6. The van der Waals surface area contributed by atoms with Gasteiger partial charge in [0.15, 0.2) is 0 Å². The van der Waals surface area contributed by atoms with Gasteiger partial charge in [-0.2, -0.15) is 0 Å². The van der Waals surface area contributed by atoms with Crippen molar-refractivity contribution in [1.29, 1.82) is 0 Å². The van der Waals surface area contributed by atoms with Gasteiger partial charge in [0.1, 0.15) is 0 Å². The molecule has 1 N–H and O–H groups in total. The van der Waals surface area contributed by atoms with Crippen molar-refractivity contribution in [1.82, 2.24) is 4.57 Å². The molecular formula is C16H17NO2. The van der Waals surface area contributed by atoms with Gasteiger partial charge in [-0.3, -0.25) is 0 Å². The predicted molar refractivity (Wildman–Crippen MR) is 76.0 cm³/mol. The number of carbonyl (C=O) groups is 1.